The number of amidine groups is 1. The van der Waals surface area contributed by atoms with Gasteiger partial charge in [0.25, 0.3) is 0 Å². The third kappa shape index (κ3) is 5.02. The predicted octanol–water partition coefficient (Wildman–Crippen LogP) is 1.76. The molecule has 0 radical (unpaired) electrons. The summed E-state index contributed by atoms with van der Waals surface area (Å²) < 4.78 is 30.1. The fourth-order valence-corrected chi connectivity index (χ4v) is 2.69. The molecular formula is C14H22N2O4S. The van der Waals surface area contributed by atoms with Gasteiger partial charge in [0.1, 0.15) is 0 Å². The van der Waals surface area contributed by atoms with Gasteiger partial charge in [-0.15, -0.1) is 0 Å². The number of nitrogens with zero attached hydrogens (tertiary/aromatic N) is 1. The first-order chi connectivity index (χ1) is 9.72. The SMILES string of the molecule is CCC(C)(C)OCCS(=O)(=O)c1cccc(/C(N)=N/O)c1. The average molecular weight is 314 g/mol. The molecular weight excluding hydrogens is 292 g/mol. The summed E-state index contributed by atoms with van der Waals surface area (Å²) in [4.78, 5) is 0.129. The molecule has 0 saturated carbocycles. The molecule has 0 aromatic heterocycles. The normalized spacial score (nSPS) is 13.4. The van der Waals surface area contributed by atoms with Crippen LogP contribution >= 0.6 is 0 Å². The van der Waals surface area contributed by atoms with Crippen LogP contribution in [0, 0.1) is 0 Å². The van der Waals surface area contributed by atoms with Gasteiger partial charge >= 0.3 is 0 Å². The summed E-state index contributed by atoms with van der Waals surface area (Å²) in [6.45, 7) is 5.93. The van der Waals surface area contributed by atoms with E-state index >= 15 is 0 Å². The molecule has 0 fully saturated rings. The van der Waals surface area contributed by atoms with E-state index in [-0.39, 0.29) is 28.7 Å². The fraction of sp³-hybridized carbons (Fsp3) is 0.500. The van der Waals surface area contributed by atoms with Crippen LogP contribution < -0.4 is 5.73 Å². The van der Waals surface area contributed by atoms with E-state index in [1.165, 1.54) is 12.1 Å². The highest BCUT2D eigenvalue weighted by atomic mass is 32.2. The maximum Gasteiger partial charge on any atom is 0.180 e. The van der Waals surface area contributed by atoms with E-state index in [1.54, 1.807) is 12.1 Å². The fourth-order valence-electron chi connectivity index (χ4n) is 1.55. The van der Waals surface area contributed by atoms with Gasteiger partial charge in [-0.05, 0) is 32.4 Å². The highest BCUT2D eigenvalue weighted by molar-refractivity contribution is 7.91. The topological polar surface area (TPSA) is 102 Å². The lowest BCUT2D eigenvalue weighted by Gasteiger charge is -2.23. The number of sulfone groups is 1. The number of hydrogen-bond donors (Lipinski definition) is 2. The van der Waals surface area contributed by atoms with Crippen LogP contribution in [-0.4, -0.2) is 37.4 Å². The predicted molar refractivity (Wildman–Crippen MR) is 81.3 cm³/mol. The summed E-state index contributed by atoms with van der Waals surface area (Å²) in [6.07, 6.45) is 0.798. The number of hydrogen-bond acceptors (Lipinski definition) is 5. The van der Waals surface area contributed by atoms with Crippen LogP contribution in [0.25, 0.3) is 0 Å². The zero-order valence-corrected chi connectivity index (χ0v) is 13.4. The molecule has 0 heterocycles. The minimum Gasteiger partial charge on any atom is -0.409 e. The Morgan fingerprint density at radius 2 is 2.10 bits per heavy atom. The van der Waals surface area contributed by atoms with E-state index in [2.05, 4.69) is 5.16 Å². The van der Waals surface area contributed by atoms with Crippen molar-refractivity contribution in [3.63, 3.8) is 0 Å². The first kappa shape index (κ1) is 17.5. The van der Waals surface area contributed by atoms with Crippen LogP contribution in [0.15, 0.2) is 34.3 Å². The Kier molecular flexibility index (Phi) is 5.74. The number of benzene rings is 1. The Balaban J connectivity index is 2.84. The van der Waals surface area contributed by atoms with E-state index < -0.39 is 9.84 Å². The van der Waals surface area contributed by atoms with Crippen LogP contribution in [0.4, 0.5) is 0 Å². The molecule has 1 rings (SSSR count). The molecule has 0 aliphatic heterocycles. The lowest BCUT2D eigenvalue weighted by Crippen LogP contribution is -2.26. The first-order valence-corrected chi connectivity index (χ1v) is 8.32. The van der Waals surface area contributed by atoms with E-state index in [0.29, 0.717) is 5.56 Å². The smallest absolute Gasteiger partial charge is 0.180 e. The Hall–Kier alpha value is -1.60. The Morgan fingerprint density at radius 1 is 1.43 bits per heavy atom. The van der Waals surface area contributed by atoms with Crippen molar-refractivity contribution in [1.29, 1.82) is 0 Å². The molecule has 0 amide bonds. The lowest BCUT2D eigenvalue weighted by atomic mass is 10.1. The second-order valence-electron chi connectivity index (χ2n) is 5.29. The van der Waals surface area contributed by atoms with E-state index in [1.807, 2.05) is 20.8 Å². The summed E-state index contributed by atoms with van der Waals surface area (Å²) in [5.74, 6) is -0.244. The van der Waals surface area contributed by atoms with Gasteiger partial charge in [-0.1, -0.05) is 24.2 Å². The van der Waals surface area contributed by atoms with Gasteiger partial charge in [0.2, 0.25) is 0 Å². The quantitative estimate of drug-likeness (QED) is 0.345. The van der Waals surface area contributed by atoms with Gasteiger partial charge in [-0.25, -0.2) is 8.42 Å². The Labute approximate surface area is 125 Å². The van der Waals surface area contributed by atoms with E-state index in [9.17, 15) is 8.42 Å². The maximum atomic E-state index is 12.2. The first-order valence-electron chi connectivity index (χ1n) is 6.66. The Bertz CT molecular complexity index is 609. The number of nitrogens with two attached hydrogens (primary N) is 1. The minimum atomic E-state index is -3.47. The average Bonchev–Trinajstić information content (AvgIpc) is 2.46. The van der Waals surface area contributed by atoms with Crippen molar-refractivity contribution in [2.24, 2.45) is 10.9 Å². The second-order valence-corrected chi connectivity index (χ2v) is 7.40. The van der Waals surface area contributed by atoms with Crippen molar-refractivity contribution in [1.82, 2.24) is 0 Å². The van der Waals surface area contributed by atoms with Crippen LogP contribution in [0.3, 0.4) is 0 Å². The van der Waals surface area contributed by atoms with E-state index in [0.717, 1.165) is 6.42 Å². The molecule has 118 valence electrons. The van der Waals surface area contributed by atoms with Crippen LogP contribution in [0.5, 0.6) is 0 Å². The monoisotopic (exact) mass is 314 g/mol. The van der Waals surface area contributed by atoms with Crippen molar-refractivity contribution in [2.75, 3.05) is 12.4 Å². The molecule has 0 atom stereocenters. The summed E-state index contributed by atoms with van der Waals surface area (Å²) in [5.41, 5.74) is 5.48. The van der Waals surface area contributed by atoms with E-state index in [4.69, 9.17) is 15.7 Å². The molecule has 3 N–H and O–H groups in total. The summed E-state index contributed by atoms with van der Waals surface area (Å²) in [7, 11) is -3.47. The van der Waals surface area contributed by atoms with Gasteiger partial charge in [-0.3, -0.25) is 0 Å². The third-order valence-corrected chi connectivity index (χ3v) is 4.97. The van der Waals surface area contributed by atoms with Crippen molar-refractivity contribution in [2.45, 2.75) is 37.7 Å². The minimum absolute atomic E-state index is 0.115. The van der Waals surface area contributed by atoms with Crippen molar-refractivity contribution in [3.05, 3.63) is 29.8 Å². The van der Waals surface area contributed by atoms with Crippen molar-refractivity contribution < 1.29 is 18.4 Å². The summed E-state index contributed by atoms with van der Waals surface area (Å²) in [6, 6.07) is 5.99. The molecule has 6 nitrogen and oxygen atoms in total. The van der Waals surface area contributed by atoms with Gasteiger partial charge in [0.05, 0.1) is 22.9 Å². The maximum absolute atomic E-state index is 12.2. The van der Waals surface area contributed by atoms with Gasteiger partial charge in [-0.2, -0.15) is 0 Å². The lowest BCUT2D eigenvalue weighted by molar-refractivity contribution is -0.0114. The molecule has 0 spiro atoms. The second kappa shape index (κ2) is 6.91. The van der Waals surface area contributed by atoms with Gasteiger partial charge < -0.3 is 15.7 Å². The molecule has 1 aromatic rings. The third-order valence-electron chi connectivity index (χ3n) is 3.29. The molecule has 21 heavy (non-hydrogen) atoms. The summed E-state index contributed by atoms with van der Waals surface area (Å²) >= 11 is 0. The molecule has 0 unspecified atom stereocenters. The van der Waals surface area contributed by atoms with Crippen LogP contribution in [-0.2, 0) is 14.6 Å². The summed E-state index contributed by atoms with van der Waals surface area (Å²) in [5, 5.41) is 11.5. The highest BCUT2D eigenvalue weighted by Gasteiger charge is 2.19. The number of ether oxygens (including phenoxy) is 1. The molecule has 0 saturated heterocycles. The zero-order valence-electron chi connectivity index (χ0n) is 12.5. The van der Waals surface area contributed by atoms with Gasteiger partial charge in [0.15, 0.2) is 15.7 Å². The molecule has 0 aliphatic rings. The zero-order chi connectivity index (χ0) is 16.1. The van der Waals surface area contributed by atoms with Crippen molar-refractivity contribution >= 4 is 15.7 Å². The van der Waals surface area contributed by atoms with Gasteiger partial charge in [0, 0.05) is 5.56 Å². The van der Waals surface area contributed by atoms with Crippen LogP contribution in [0.2, 0.25) is 0 Å². The number of rotatable bonds is 7. The number of oxime groups is 1. The molecule has 1 aromatic carbocycles. The standard InChI is InChI=1S/C14H22N2O4S/c1-4-14(2,3)20-8-9-21(18,19)12-7-5-6-11(10-12)13(15)16-17/h5-7,10,17H,4,8-9H2,1-3H3,(H2,15,16). The molecule has 0 bridgehead atoms. The molecule has 7 heteroatoms. The molecule has 0 aliphatic carbocycles. The largest absolute Gasteiger partial charge is 0.409 e. The highest BCUT2D eigenvalue weighted by Crippen LogP contribution is 2.16. The van der Waals surface area contributed by atoms with Crippen LogP contribution in [0.1, 0.15) is 32.8 Å². The van der Waals surface area contributed by atoms with Crippen molar-refractivity contribution in [3.8, 4) is 0 Å². The Morgan fingerprint density at radius 3 is 2.67 bits per heavy atom.